The van der Waals surface area contributed by atoms with E-state index in [0.717, 1.165) is 18.5 Å². The minimum Gasteiger partial charge on any atom is -0.465 e. The van der Waals surface area contributed by atoms with Crippen LogP contribution in [0.3, 0.4) is 0 Å². The first kappa shape index (κ1) is 24.5. The van der Waals surface area contributed by atoms with E-state index in [1.807, 2.05) is 43.8 Å². The fourth-order valence-electron chi connectivity index (χ4n) is 2.89. The van der Waals surface area contributed by atoms with Crippen molar-refractivity contribution in [3.63, 3.8) is 0 Å². The number of ether oxygens (including phenoxy) is 1. The first-order valence-electron chi connectivity index (χ1n) is 10.3. The van der Waals surface area contributed by atoms with Crippen molar-refractivity contribution in [3.05, 3.63) is 24.0 Å². The van der Waals surface area contributed by atoms with E-state index in [4.69, 9.17) is 4.74 Å². The molecule has 3 amide bonds. The lowest BCUT2D eigenvalue weighted by Crippen LogP contribution is -2.49. The van der Waals surface area contributed by atoms with Crippen LogP contribution in [0.15, 0.2) is 18.3 Å². The summed E-state index contributed by atoms with van der Waals surface area (Å²) in [6.07, 6.45) is 3.83. The number of nitrogens with zero attached hydrogens (tertiary/aromatic N) is 3. The Morgan fingerprint density at radius 3 is 2.48 bits per heavy atom. The maximum absolute atomic E-state index is 13.0. The number of aryl methyl sites for hydroxylation is 1. The van der Waals surface area contributed by atoms with Crippen molar-refractivity contribution in [1.82, 2.24) is 19.7 Å². The highest BCUT2D eigenvalue weighted by Gasteiger charge is 2.23. The molecule has 1 aromatic rings. The fourth-order valence-corrected chi connectivity index (χ4v) is 2.89. The van der Waals surface area contributed by atoms with Crippen molar-refractivity contribution in [2.75, 3.05) is 32.8 Å². The van der Waals surface area contributed by atoms with Gasteiger partial charge in [-0.25, -0.2) is 4.79 Å². The first-order valence-corrected chi connectivity index (χ1v) is 10.3. The molecule has 29 heavy (non-hydrogen) atoms. The van der Waals surface area contributed by atoms with Gasteiger partial charge in [-0.15, -0.1) is 0 Å². The summed E-state index contributed by atoms with van der Waals surface area (Å²) in [7, 11) is 1.95. The Morgan fingerprint density at radius 1 is 1.21 bits per heavy atom. The number of esters is 1. The molecule has 0 unspecified atom stereocenters. The third-order valence-electron chi connectivity index (χ3n) is 4.43. The number of rotatable bonds is 12. The summed E-state index contributed by atoms with van der Waals surface area (Å²) in [5, 5.41) is 2.55. The lowest BCUT2D eigenvalue weighted by Gasteiger charge is -2.29. The van der Waals surface area contributed by atoms with E-state index in [2.05, 4.69) is 12.2 Å². The van der Waals surface area contributed by atoms with Gasteiger partial charge in [0.05, 0.1) is 13.2 Å². The molecule has 0 spiro atoms. The Kier molecular flexibility index (Phi) is 10.9. The molecule has 0 aliphatic carbocycles. The average molecular weight is 409 g/mol. The smallest absolute Gasteiger partial charge is 0.325 e. The highest BCUT2D eigenvalue weighted by Crippen LogP contribution is 2.09. The molecule has 0 aliphatic rings. The number of hydrogen-bond acceptors (Lipinski definition) is 4. The van der Waals surface area contributed by atoms with Crippen molar-refractivity contribution in [2.45, 2.75) is 47.1 Å². The Hall–Kier alpha value is -2.51. The molecule has 1 rings (SSSR count). The molecule has 164 valence electrons. The van der Waals surface area contributed by atoms with Crippen LogP contribution in [0.25, 0.3) is 0 Å². The van der Waals surface area contributed by atoms with Gasteiger partial charge < -0.3 is 24.4 Å². The summed E-state index contributed by atoms with van der Waals surface area (Å²) in [6.45, 7) is 9.34. The van der Waals surface area contributed by atoms with Crippen molar-refractivity contribution in [2.24, 2.45) is 13.0 Å². The summed E-state index contributed by atoms with van der Waals surface area (Å²) in [4.78, 5) is 40.4. The topological polar surface area (TPSA) is 83.9 Å². The van der Waals surface area contributed by atoms with Gasteiger partial charge >= 0.3 is 12.0 Å². The summed E-state index contributed by atoms with van der Waals surface area (Å²) in [5.74, 6) is -0.412. The van der Waals surface area contributed by atoms with Crippen LogP contribution in [0.5, 0.6) is 0 Å². The monoisotopic (exact) mass is 408 g/mol. The highest BCUT2D eigenvalue weighted by molar-refractivity contribution is 5.86. The lowest BCUT2D eigenvalue weighted by molar-refractivity contribution is -0.141. The predicted octanol–water partition coefficient (Wildman–Crippen LogP) is 2.38. The van der Waals surface area contributed by atoms with E-state index in [9.17, 15) is 14.4 Å². The van der Waals surface area contributed by atoms with Gasteiger partial charge in [0.2, 0.25) is 5.91 Å². The van der Waals surface area contributed by atoms with Crippen LogP contribution in [0.4, 0.5) is 4.79 Å². The molecule has 0 bridgehead atoms. The SMILES string of the molecule is CCCCN(Cc1cccn1C)C(=O)CN(CC(C)C)C(=O)NCC(=O)OCC. The quantitative estimate of drug-likeness (QED) is 0.538. The van der Waals surface area contributed by atoms with Crippen LogP contribution < -0.4 is 5.32 Å². The Morgan fingerprint density at radius 2 is 1.93 bits per heavy atom. The molecule has 0 saturated carbocycles. The van der Waals surface area contributed by atoms with E-state index < -0.39 is 12.0 Å². The average Bonchev–Trinajstić information content (AvgIpc) is 3.06. The Labute approximate surface area is 174 Å². The summed E-state index contributed by atoms with van der Waals surface area (Å²) < 4.78 is 6.83. The van der Waals surface area contributed by atoms with E-state index >= 15 is 0 Å². The predicted molar refractivity (Wildman–Crippen MR) is 112 cm³/mol. The number of amides is 3. The van der Waals surface area contributed by atoms with Crippen molar-refractivity contribution in [3.8, 4) is 0 Å². The summed E-state index contributed by atoms with van der Waals surface area (Å²) in [6, 6.07) is 3.50. The van der Waals surface area contributed by atoms with Gasteiger partial charge in [0.25, 0.3) is 0 Å². The van der Waals surface area contributed by atoms with E-state index in [0.29, 0.717) is 19.6 Å². The molecule has 0 atom stereocenters. The molecule has 8 nitrogen and oxygen atoms in total. The molecule has 0 aromatic carbocycles. The second kappa shape index (κ2) is 12.9. The van der Waals surface area contributed by atoms with Crippen LogP contribution in [-0.2, 0) is 27.9 Å². The highest BCUT2D eigenvalue weighted by atomic mass is 16.5. The summed E-state index contributed by atoms with van der Waals surface area (Å²) in [5.41, 5.74) is 1.04. The molecule has 0 fully saturated rings. The van der Waals surface area contributed by atoms with Gasteiger partial charge in [-0.2, -0.15) is 0 Å². The zero-order valence-electron chi connectivity index (χ0n) is 18.4. The maximum Gasteiger partial charge on any atom is 0.325 e. The second-order valence-corrected chi connectivity index (χ2v) is 7.52. The molecular formula is C21H36N4O4. The molecule has 1 N–H and O–H groups in total. The Balaban J connectivity index is 2.81. The minimum absolute atomic E-state index is 0.0268. The molecule has 8 heteroatoms. The van der Waals surface area contributed by atoms with Gasteiger partial charge in [0, 0.05) is 32.0 Å². The van der Waals surface area contributed by atoms with Gasteiger partial charge in [0.1, 0.15) is 13.1 Å². The van der Waals surface area contributed by atoms with E-state index in [1.165, 1.54) is 4.90 Å². The standard InChI is InChI=1S/C21H36N4O4/c1-6-8-12-24(15-18-10-9-11-23(18)5)19(26)16-25(14-17(3)4)21(28)22-13-20(27)29-7-2/h9-11,17H,6-8,12-16H2,1-5H3,(H,22,28). The molecular weight excluding hydrogens is 372 g/mol. The third-order valence-corrected chi connectivity index (χ3v) is 4.43. The molecule has 1 aromatic heterocycles. The van der Waals surface area contributed by atoms with E-state index in [-0.39, 0.29) is 31.5 Å². The number of hydrogen-bond donors (Lipinski definition) is 1. The van der Waals surface area contributed by atoms with Gasteiger partial charge in [-0.1, -0.05) is 27.2 Å². The molecule has 1 heterocycles. The fraction of sp³-hybridized carbons (Fsp3) is 0.667. The van der Waals surface area contributed by atoms with Crippen LogP contribution >= 0.6 is 0 Å². The van der Waals surface area contributed by atoms with Crippen LogP contribution in [-0.4, -0.2) is 65.1 Å². The molecule has 0 saturated heterocycles. The first-order chi connectivity index (χ1) is 13.8. The van der Waals surface area contributed by atoms with Gasteiger partial charge in [0.15, 0.2) is 0 Å². The van der Waals surface area contributed by atoms with Crippen LogP contribution in [0.1, 0.15) is 46.2 Å². The lowest BCUT2D eigenvalue weighted by atomic mass is 10.2. The summed E-state index contributed by atoms with van der Waals surface area (Å²) >= 11 is 0. The number of urea groups is 1. The number of aromatic nitrogens is 1. The third kappa shape index (κ3) is 9.02. The van der Waals surface area contributed by atoms with Crippen LogP contribution in [0, 0.1) is 5.92 Å². The molecule has 0 radical (unpaired) electrons. The second-order valence-electron chi connectivity index (χ2n) is 7.52. The molecule has 0 aliphatic heterocycles. The van der Waals surface area contributed by atoms with Gasteiger partial charge in [-0.05, 0) is 31.4 Å². The van der Waals surface area contributed by atoms with Gasteiger partial charge in [-0.3, -0.25) is 9.59 Å². The maximum atomic E-state index is 13.0. The zero-order chi connectivity index (χ0) is 21.8. The number of carbonyl (C=O) groups is 3. The number of unbranched alkanes of at least 4 members (excludes halogenated alkanes) is 1. The van der Waals surface area contributed by atoms with Crippen molar-refractivity contribution < 1.29 is 19.1 Å². The van der Waals surface area contributed by atoms with Crippen LogP contribution in [0.2, 0.25) is 0 Å². The van der Waals surface area contributed by atoms with Crippen molar-refractivity contribution in [1.29, 1.82) is 0 Å². The minimum atomic E-state index is -0.495. The van der Waals surface area contributed by atoms with E-state index in [1.54, 1.807) is 11.8 Å². The zero-order valence-corrected chi connectivity index (χ0v) is 18.4. The largest absolute Gasteiger partial charge is 0.465 e. The normalized spacial score (nSPS) is 10.7. The Bertz CT molecular complexity index is 657. The van der Waals surface area contributed by atoms with Crippen molar-refractivity contribution >= 4 is 17.9 Å². The number of carbonyl (C=O) groups excluding carboxylic acids is 3. The number of nitrogens with one attached hydrogen (secondary N) is 1.